The molecule has 0 rings (SSSR count). The van der Waals surface area contributed by atoms with Crippen molar-refractivity contribution in [1.29, 1.82) is 0 Å². The lowest BCUT2D eigenvalue weighted by molar-refractivity contribution is -0.109. The summed E-state index contributed by atoms with van der Waals surface area (Å²) in [6, 6.07) is 0. The van der Waals surface area contributed by atoms with Crippen molar-refractivity contribution in [2.75, 3.05) is 25.1 Å². The maximum Gasteiger partial charge on any atom is 0.509 e. The van der Waals surface area contributed by atoms with Gasteiger partial charge in [0.05, 0.1) is 13.2 Å². The molecule has 0 aromatic carbocycles. The van der Waals surface area contributed by atoms with Gasteiger partial charge < -0.3 is 18.9 Å². The number of thioether (sulfide) groups is 1. The highest BCUT2D eigenvalue weighted by atomic mass is 36.0. The second-order valence-corrected chi connectivity index (χ2v) is 8.89. The topological polar surface area (TPSA) is 122 Å². The molecule has 25 heavy (non-hydrogen) atoms. The first-order valence-corrected chi connectivity index (χ1v) is 12.0. The number of halogens is 3. The summed E-state index contributed by atoms with van der Waals surface area (Å²) in [6.45, 7) is 5.39. The number of carbonyl (C=O) groups excluding carboxylic acids is 3. The van der Waals surface area contributed by atoms with Crippen LogP contribution in [0.3, 0.4) is 0 Å². The van der Waals surface area contributed by atoms with Gasteiger partial charge >= 0.3 is 20.6 Å². The van der Waals surface area contributed by atoms with Crippen LogP contribution in [0.4, 0.5) is 9.59 Å². The summed E-state index contributed by atoms with van der Waals surface area (Å²) in [7, 11) is 10.8. The molecule has 0 radical (unpaired) electrons. The molecule has 0 aliphatic rings. The van der Waals surface area contributed by atoms with Crippen LogP contribution >= 0.6 is 54.8 Å². The first kappa shape index (κ1) is 29.5. The first-order chi connectivity index (χ1) is 11.5. The molecule has 0 bridgehead atoms. The Hall–Kier alpha value is -0.270. The number of carbonyl (C=O) groups is 3. The van der Waals surface area contributed by atoms with Crippen LogP contribution in [0.2, 0.25) is 0 Å². The van der Waals surface area contributed by atoms with Gasteiger partial charge in [-0.25, -0.2) is 9.59 Å². The summed E-state index contributed by atoms with van der Waals surface area (Å²) in [4.78, 5) is 31.1. The summed E-state index contributed by atoms with van der Waals surface area (Å²) in [5, 5.41) is -0.0886. The maximum absolute atomic E-state index is 10.5. The van der Waals surface area contributed by atoms with Crippen molar-refractivity contribution >= 4 is 80.5 Å². The van der Waals surface area contributed by atoms with Crippen molar-refractivity contribution in [2.24, 2.45) is 0 Å². The lowest BCUT2D eigenvalue weighted by Gasteiger charge is -2.01. The lowest BCUT2D eigenvalue weighted by atomic mass is 10.9. The third-order valence-electron chi connectivity index (χ3n) is 1.18. The minimum Gasteiger partial charge on any atom is -0.435 e. The summed E-state index contributed by atoms with van der Waals surface area (Å²) >= 11 is 0.923. The van der Waals surface area contributed by atoms with Gasteiger partial charge in [0.2, 0.25) is 0 Å². The predicted octanol–water partition coefficient (Wildman–Crippen LogP) is 4.11. The fraction of sp³-hybridized carbons (Fsp3) is 0.700. The number of ether oxygens (including phenoxy) is 4. The van der Waals surface area contributed by atoms with Crippen molar-refractivity contribution < 1.29 is 41.7 Å². The van der Waals surface area contributed by atoms with Crippen LogP contribution in [0.5, 0.6) is 0 Å². The van der Waals surface area contributed by atoms with Gasteiger partial charge in [0.15, 0.2) is 11.1 Å². The molecule has 150 valence electrons. The quantitative estimate of drug-likeness (QED) is 0.308. The Balaban J connectivity index is -0.000000311. The zero-order valence-corrected chi connectivity index (χ0v) is 18.1. The zero-order chi connectivity index (χ0) is 20.3. The molecule has 0 spiro atoms. The molecule has 0 aliphatic heterocycles. The number of hydrogen-bond acceptors (Lipinski definition) is 11. The Bertz CT molecular complexity index is 465. The number of hydrogen-bond donors (Lipinski definition) is 0. The van der Waals surface area contributed by atoms with Gasteiger partial charge in [-0.05, 0) is 47.3 Å². The first-order valence-electron chi connectivity index (χ1n) is 6.08. The minimum atomic E-state index is -3.72. The summed E-state index contributed by atoms with van der Waals surface area (Å²) in [6.07, 6.45) is -1.41. The Kier molecular flexibility index (Phi) is 23.6. The van der Waals surface area contributed by atoms with Crippen molar-refractivity contribution in [3.8, 4) is 0 Å². The zero-order valence-electron chi connectivity index (χ0n) is 13.4. The van der Waals surface area contributed by atoms with Gasteiger partial charge in [-0.15, -0.1) is 0 Å². The molecule has 0 aromatic heterocycles. The van der Waals surface area contributed by atoms with Crippen LogP contribution in [-0.2, 0) is 32.0 Å². The van der Waals surface area contributed by atoms with Crippen LogP contribution in [0, 0.1) is 0 Å². The Labute approximate surface area is 167 Å². The molecule has 0 aromatic rings. The highest BCUT2D eigenvalue weighted by molar-refractivity contribution is 8.31. The average Bonchev–Trinajstić information content (AvgIpc) is 2.44. The van der Waals surface area contributed by atoms with Gasteiger partial charge in [-0.2, -0.15) is 8.42 Å². The van der Waals surface area contributed by atoms with E-state index in [0.29, 0.717) is 6.61 Å². The van der Waals surface area contributed by atoms with Crippen LogP contribution in [0.15, 0.2) is 0 Å². The molecule has 0 unspecified atom stereocenters. The van der Waals surface area contributed by atoms with Crippen LogP contribution < -0.4 is 0 Å². The summed E-state index contributed by atoms with van der Waals surface area (Å²) < 4.78 is 36.0. The Morgan fingerprint density at radius 1 is 0.880 bits per heavy atom. The van der Waals surface area contributed by atoms with Crippen LogP contribution in [0.1, 0.15) is 20.8 Å². The molecule has 0 N–H and O–H groups in total. The predicted molar refractivity (Wildman–Crippen MR) is 98.3 cm³/mol. The smallest absolute Gasteiger partial charge is 0.435 e. The van der Waals surface area contributed by atoms with Gasteiger partial charge in [0.25, 0.3) is 0 Å². The van der Waals surface area contributed by atoms with E-state index in [2.05, 4.69) is 40.3 Å². The number of rotatable bonds is 6. The third kappa shape index (κ3) is 45.3. The fourth-order valence-electron chi connectivity index (χ4n) is 0.550. The molecule has 0 amide bonds. The molecule has 0 fully saturated rings. The van der Waals surface area contributed by atoms with E-state index in [1.807, 2.05) is 0 Å². The van der Waals surface area contributed by atoms with Crippen LogP contribution in [-0.4, -0.2) is 50.9 Å². The van der Waals surface area contributed by atoms with E-state index in [1.54, 1.807) is 13.8 Å². The fourth-order valence-corrected chi connectivity index (χ4v) is 1.15. The second kappa shape index (κ2) is 20.0. The monoisotopic (exact) mass is 482 g/mol. The SMILES string of the molecule is CCOC(=O)OCSC(C)=O.CCOC(=O)OCSCl.O=S(=O)(Cl)Cl. The average molecular weight is 484 g/mol. The third-order valence-corrected chi connectivity index (χ3v) is 2.30. The highest BCUT2D eigenvalue weighted by Gasteiger charge is 2.02. The van der Waals surface area contributed by atoms with E-state index < -0.39 is 20.6 Å². The standard InChI is InChI=1S/C6H10O4S.C4H7ClO3S.Cl2O2S/c1-3-9-6(8)10-4-11-5(2)7;1-2-7-4(6)8-3-9-5;1-5(2,3)4/h3-4H2,1-2H3;2-3H2,1H3;. The van der Waals surface area contributed by atoms with Crippen molar-refractivity contribution in [1.82, 2.24) is 0 Å². The van der Waals surface area contributed by atoms with Crippen molar-refractivity contribution in [3.05, 3.63) is 0 Å². The van der Waals surface area contributed by atoms with Gasteiger partial charge in [0, 0.05) is 28.3 Å². The molecule has 0 atom stereocenters. The molecule has 0 saturated carbocycles. The molecule has 0 aliphatic carbocycles. The summed E-state index contributed by atoms with van der Waals surface area (Å²) in [5.41, 5.74) is 0. The van der Waals surface area contributed by atoms with E-state index in [4.69, 9.17) is 19.1 Å². The van der Waals surface area contributed by atoms with Crippen molar-refractivity contribution in [3.63, 3.8) is 0 Å². The largest absolute Gasteiger partial charge is 0.509 e. The second-order valence-electron chi connectivity index (χ2n) is 3.01. The lowest BCUT2D eigenvalue weighted by Crippen LogP contribution is -2.06. The molecule has 0 heterocycles. The summed E-state index contributed by atoms with van der Waals surface area (Å²) in [5.74, 6) is 0.147. The molecular weight excluding hydrogens is 467 g/mol. The molecule has 15 heteroatoms. The Morgan fingerprint density at radius 2 is 1.24 bits per heavy atom. The van der Waals surface area contributed by atoms with Crippen molar-refractivity contribution in [2.45, 2.75) is 20.8 Å². The van der Waals surface area contributed by atoms with Crippen LogP contribution in [0.25, 0.3) is 0 Å². The van der Waals surface area contributed by atoms with E-state index in [-0.39, 0.29) is 23.6 Å². The maximum atomic E-state index is 10.5. The van der Waals surface area contributed by atoms with Gasteiger partial charge in [0.1, 0.15) is 5.94 Å². The molecule has 0 saturated heterocycles. The van der Waals surface area contributed by atoms with E-state index in [0.717, 1.165) is 22.7 Å². The van der Waals surface area contributed by atoms with E-state index in [9.17, 15) is 14.4 Å². The molecule has 9 nitrogen and oxygen atoms in total. The van der Waals surface area contributed by atoms with E-state index >= 15 is 0 Å². The highest BCUT2D eigenvalue weighted by Crippen LogP contribution is 2.05. The Morgan fingerprint density at radius 3 is 1.52 bits per heavy atom. The normalized spacial score (nSPS) is 9.36. The van der Waals surface area contributed by atoms with Gasteiger partial charge in [-0.1, -0.05) is 0 Å². The minimum absolute atomic E-state index is 0.0220. The molecular formula is C10H17Cl3O9S3. The van der Waals surface area contributed by atoms with Gasteiger partial charge in [-0.3, -0.25) is 4.79 Å². The van der Waals surface area contributed by atoms with E-state index in [1.165, 1.54) is 6.92 Å².